The maximum Gasteiger partial charge on any atom is 0.237 e. The number of piperidine rings is 1. The molecule has 0 radical (unpaired) electrons. The molecule has 0 aromatic carbocycles. The summed E-state index contributed by atoms with van der Waals surface area (Å²) < 4.78 is 5.14. The molecule has 1 aliphatic rings. The summed E-state index contributed by atoms with van der Waals surface area (Å²) in [5.41, 5.74) is 5.88. The average Bonchev–Trinajstić information content (AvgIpc) is 2.46. The first-order chi connectivity index (χ1) is 9.08. The van der Waals surface area contributed by atoms with Crippen LogP contribution in [0.15, 0.2) is 0 Å². The van der Waals surface area contributed by atoms with Crippen molar-refractivity contribution >= 4 is 17.7 Å². The van der Waals surface area contributed by atoms with Crippen LogP contribution in [-0.4, -0.2) is 67.7 Å². The van der Waals surface area contributed by atoms with Crippen LogP contribution >= 0.6 is 11.8 Å². The van der Waals surface area contributed by atoms with Gasteiger partial charge in [-0.2, -0.15) is 11.8 Å². The highest BCUT2D eigenvalue weighted by Gasteiger charge is 2.35. The first-order valence-electron chi connectivity index (χ1n) is 6.84. The smallest absolute Gasteiger partial charge is 0.237 e. The first-order valence-corrected chi connectivity index (χ1v) is 8.07. The molecule has 1 fully saturated rings. The maximum atomic E-state index is 12.0. The van der Waals surface area contributed by atoms with Crippen LogP contribution in [0.1, 0.15) is 19.8 Å². The van der Waals surface area contributed by atoms with Gasteiger partial charge in [-0.05, 0) is 26.0 Å². The lowest BCUT2D eigenvalue weighted by atomic mass is 9.95. The van der Waals surface area contributed by atoms with Crippen LogP contribution < -0.4 is 11.1 Å². The molecule has 0 bridgehead atoms. The molecule has 1 aliphatic heterocycles. The van der Waals surface area contributed by atoms with Gasteiger partial charge in [0.15, 0.2) is 0 Å². The van der Waals surface area contributed by atoms with Gasteiger partial charge < -0.3 is 15.8 Å². The van der Waals surface area contributed by atoms with E-state index in [1.54, 1.807) is 7.11 Å². The monoisotopic (exact) mass is 289 g/mol. The summed E-state index contributed by atoms with van der Waals surface area (Å²) in [6.07, 6.45) is 4.24. The molecule has 5 nitrogen and oxygen atoms in total. The molecular weight excluding hydrogens is 262 g/mol. The molecule has 1 heterocycles. The number of nitrogens with two attached hydrogens (primary N) is 1. The van der Waals surface area contributed by atoms with Crippen molar-refractivity contribution in [3.8, 4) is 0 Å². The molecule has 1 amide bonds. The van der Waals surface area contributed by atoms with Crippen molar-refractivity contribution in [2.24, 2.45) is 5.73 Å². The molecule has 1 saturated heterocycles. The Hall–Kier alpha value is -0.300. The molecule has 1 atom stereocenters. The lowest BCUT2D eigenvalue weighted by molar-refractivity contribution is -0.126. The summed E-state index contributed by atoms with van der Waals surface area (Å²) in [6.45, 7) is 5.70. The van der Waals surface area contributed by atoms with Crippen LogP contribution in [0, 0.1) is 0 Å². The van der Waals surface area contributed by atoms with Gasteiger partial charge in [-0.25, -0.2) is 0 Å². The fourth-order valence-corrected chi connectivity index (χ4v) is 3.16. The van der Waals surface area contributed by atoms with Crippen molar-refractivity contribution < 1.29 is 9.53 Å². The minimum atomic E-state index is -0.0745. The van der Waals surface area contributed by atoms with Crippen LogP contribution in [0.2, 0.25) is 0 Å². The second-order valence-electron chi connectivity index (χ2n) is 5.09. The third-order valence-electron chi connectivity index (χ3n) is 4.05. The van der Waals surface area contributed by atoms with Gasteiger partial charge in [-0.15, -0.1) is 0 Å². The number of nitrogens with zero attached hydrogens (tertiary/aromatic N) is 1. The van der Waals surface area contributed by atoms with Gasteiger partial charge in [0.2, 0.25) is 5.91 Å². The Kier molecular flexibility index (Phi) is 7.13. The number of ether oxygens (including phenoxy) is 1. The number of carbonyl (C=O) groups is 1. The Balaban J connectivity index is 2.39. The van der Waals surface area contributed by atoms with Gasteiger partial charge >= 0.3 is 0 Å². The van der Waals surface area contributed by atoms with E-state index in [0.29, 0.717) is 13.2 Å². The zero-order chi connectivity index (χ0) is 14.3. The molecule has 0 spiro atoms. The Morgan fingerprint density at radius 2 is 2.16 bits per heavy atom. The van der Waals surface area contributed by atoms with E-state index in [1.807, 2.05) is 18.7 Å². The highest BCUT2D eigenvalue weighted by atomic mass is 32.2. The van der Waals surface area contributed by atoms with Crippen LogP contribution in [-0.2, 0) is 9.53 Å². The first kappa shape index (κ1) is 16.8. The number of nitrogens with one attached hydrogen (secondary N) is 1. The van der Waals surface area contributed by atoms with Crippen molar-refractivity contribution in [1.82, 2.24) is 10.2 Å². The second-order valence-corrected chi connectivity index (χ2v) is 6.36. The highest BCUT2D eigenvalue weighted by Crippen LogP contribution is 2.33. The predicted molar refractivity (Wildman–Crippen MR) is 80.5 cm³/mol. The Morgan fingerprint density at radius 1 is 1.53 bits per heavy atom. The predicted octanol–water partition coefficient (Wildman–Crippen LogP) is 0.294. The topological polar surface area (TPSA) is 67.6 Å². The van der Waals surface area contributed by atoms with Crippen molar-refractivity contribution in [3.63, 3.8) is 0 Å². The van der Waals surface area contributed by atoms with E-state index in [4.69, 9.17) is 10.5 Å². The number of amides is 1. The summed E-state index contributed by atoms with van der Waals surface area (Å²) in [5, 5.41) is 2.89. The summed E-state index contributed by atoms with van der Waals surface area (Å²) in [5.74, 6) is 0.0847. The number of hydrogen-bond donors (Lipinski definition) is 2. The van der Waals surface area contributed by atoms with Crippen molar-refractivity contribution in [1.29, 1.82) is 0 Å². The van der Waals surface area contributed by atoms with E-state index in [1.165, 1.54) is 0 Å². The number of methoxy groups -OCH3 is 1. The quantitative estimate of drug-likeness (QED) is 0.660. The largest absolute Gasteiger partial charge is 0.383 e. The highest BCUT2D eigenvalue weighted by molar-refractivity contribution is 8.00. The second kappa shape index (κ2) is 8.09. The fraction of sp³-hybridized carbons (Fsp3) is 0.923. The SMILES string of the molecule is COCCNC(=O)C(C)N1CCC(CN)(SC)CC1. The molecule has 0 aromatic heterocycles. The summed E-state index contributed by atoms with van der Waals surface area (Å²) in [7, 11) is 1.63. The zero-order valence-electron chi connectivity index (χ0n) is 12.3. The summed E-state index contributed by atoms with van der Waals surface area (Å²) in [6, 6.07) is -0.0745. The van der Waals surface area contributed by atoms with Crippen molar-refractivity contribution in [2.75, 3.05) is 46.2 Å². The number of thioether (sulfide) groups is 1. The molecule has 112 valence electrons. The molecular formula is C13H27N3O2S. The van der Waals surface area contributed by atoms with Crippen molar-refractivity contribution in [3.05, 3.63) is 0 Å². The van der Waals surface area contributed by atoms with Crippen molar-refractivity contribution in [2.45, 2.75) is 30.6 Å². The molecule has 0 aliphatic carbocycles. The third kappa shape index (κ3) is 4.63. The molecule has 19 heavy (non-hydrogen) atoms. The lowest BCUT2D eigenvalue weighted by Crippen LogP contribution is -2.53. The molecule has 0 saturated carbocycles. The third-order valence-corrected chi connectivity index (χ3v) is 5.49. The van der Waals surface area contributed by atoms with E-state index in [-0.39, 0.29) is 16.7 Å². The van der Waals surface area contributed by atoms with Gasteiger partial charge in [0.25, 0.3) is 0 Å². The number of carbonyl (C=O) groups excluding carboxylic acids is 1. The number of hydrogen-bond acceptors (Lipinski definition) is 5. The molecule has 3 N–H and O–H groups in total. The van der Waals surface area contributed by atoms with Gasteiger partial charge in [0, 0.05) is 38.0 Å². The Morgan fingerprint density at radius 3 is 2.63 bits per heavy atom. The van der Waals surface area contributed by atoms with E-state index >= 15 is 0 Å². The minimum absolute atomic E-state index is 0.0745. The molecule has 1 unspecified atom stereocenters. The Labute approximate surface area is 120 Å². The number of likely N-dealkylation sites (tertiary alicyclic amines) is 1. The Bertz CT molecular complexity index is 275. The molecule has 6 heteroatoms. The van der Waals surface area contributed by atoms with Gasteiger partial charge in [-0.1, -0.05) is 0 Å². The van der Waals surface area contributed by atoms with E-state index < -0.39 is 0 Å². The van der Waals surface area contributed by atoms with Gasteiger partial charge in [0.1, 0.15) is 0 Å². The maximum absolute atomic E-state index is 12.0. The lowest BCUT2D eigenvalue weighted by Gasteiger charge is -2.41. The normalized spacial score (nSPS) is 21.1. The minimum Gasteiger partial charge on any atom is -0.383 e. The van der Waals surface area contributed by atoms with E-state index in [0.717, 1.165) is 32.5 Å². The summed E-state index contributed by atoms with van der Waals surface area (Å²) in [4.78, 5) is 14.2. The molecule has 1 rings (SSSR count). The van der Waals surface area contributed by atoms with Crippen LogP contribution in [0.3, 0.4) is 0 Å². The van der Waals surface area contributed by atoms with Crippen LogP contribution in [0.25, 0.3) is 0 Å². The van der Waals surface area contributed by atoms with E-state index in [9.17, 15) is 4.79 Å². The summed E-state index contributed by atoms with van der Waals surface area (Å²) >= 11 is 1.86. The van der Waals surface area contributed by atoms with Gasteiger partial charge in [0.05, 0.1) is 12.6 Å². The zero-order valence-corrected chi connectivity index (χ0v) is 13.1. The van der Waals surface area contributed by atoms with Crippen LogP contribution in [0.4, 0.5) is 0 Å². The average molecular weight is 289 g/mol. The van der Waals surface area contributed by atoms with Crippen LogP contribution in [0.5, 0.6) is 0 Å². The standard InChI is InChI=1S/C13H27N3O2S/c1-11(12(17)15-6-9-18-2)16-7-4-13(10-14,19-3)5-8-16/h11H,4-10,14H2,1-3H3,(H,15,17). The fourth-order valence-electron chi connectivity index (χ4n) is 2.40. The van der Waals surface area contributed by atoms with Gasteiger partial charge in [-0.3, -0.25) is 9.69 Å². The van der Waals surface area contributed by atoms with E-state index in [2.05, 4.69) is 16.5 Å². The molecule has 0 aromatic rings. The number of rotatable bonds is 7.